The van der Waals surface area contributed by atoms with Crippen molar-refractivity contribution in [3.05, 3.63) is 51.9 Å². The average molecular weight is 245 g/mol. The molecule has 0 aliphatic rings. The number of amides is 1. The van der Waals surface area contributed by atoms with Crippen LogP contribution in [-0.4, -0.2) is 15.3 Å². The first-order chi connectivity index (χ1) is 8.52. The molecule has 1 heterocycles. The first-order valence-corrected chi connectivity index (χ1v) is 5.63. The lowest BCUT2D eigenvalue weighted by Crippen LogP contribution is -2.23. The summed E-state index contributed by atoms with van der Waals surface area (Å²) in [5, 5.41) is 0. The summed E-state index contributed by atoms with van der Waals surface area (Å²) in [6.45, 7) is 1.80. The van der Waals surface area contributed by atoms with Crippen LogP contribution in [-0.2, 0) is 18.3 Å². The number of benzene rings is 1. The van der Waals surface area contributed by atoms with Crippen LogP contribution in [0.1, 0.15) is 11.3 Å². The fourth-order valence-electron chi connectivity index (χ4n) is 2.00. The molecule has 0 bridgehead atoms. The Hall–Kier alpha value is -2.30. The number of carbonyl (C=O) groups excluding carboxylic acids is 1. The Morgan fingerprint density at radius 3 is 2.44 bits per heavy atom. The van der Waals surface area contributed by atoms with E-state index in [0.29, 0.717) is 5.56 Å². The number of hydrogen-bond acceptors (Lipinski definition) is 2. The molecule has 0 aliphatic heterocycles. The van der Waals surface area contributed by atoms with Crippen LogP contribution in [0.2, 0.25) is 0 Å². The zero-order chi connectivity index (χ0) is 13.3. The minimum absolute atomic E-state index is 0.0294. The maximum atomic E-state index is 12.3. The molecule has 0 aliphatic carbocycles. The molecule has 5 heteroatoms. The summed E-state index contributed by atoms with van der Waals surface area (Å²) in [4.78, 5) is 23.3. The Morgan fingerprint density at radius 1 is 1.28 bits per heavy atom. The van der Waals surface area contributed by atoms with Crippen molar-refractivity contribution in [1.29, 1.82) is 0 Å². The van der Waals surface area contributed by atoms with Gasteiger partial charge in [0.1, 0.15) is 0 Å². The van der Waals surface area contributed by atoms with Gasteiger partial charge >= 0.3 is 0 Å². The molecular weight excluding hydrogens is 230 g/mol. The molecule has 2 aromatic rings. The van der Waals surface area contributed by atoms with E-state index >= 15 is 0 Å². The van der Waals surface area contributed by atoms with Gasteiger partial charge < -0.3 is 5.73 Å². The topological polar surface area (TPSA) is 70.0 Å². The van der Waals surface area contributed by atoms with Gasteiger partial charge in [-0.05, 0) is 19.1 Å². The summed E-state index contributed by atoms with van der Waals surface area (Å²) < 4.78 is 3.27. The predicted octanol–water partition coefficient (Wildman–Crippen LogP) is 0.512. The zero-order valence-electron chi connectivity index (χ0n) is 10.4. The van der Waals surface area contributed by atoms with Gasteiger partial charge in [-0.3, -0.25) is 14.3 Å². The van der Waals surface area contributed by atoms with Crippen LogP contribution in [0.4, 0.5) is 0 Å². The van der Waals surface area contributed by atoms with E-state index < -0.39 is 5.91 Å². The first-order valence-electron chi connectivity index (χ1n) is 5.63. The molecule has 0 unspecified atom stereocenters. The molecule has 1 amide bonds. The van der Waals surface area contributed by atoms with Gasteiger partial charge in [-0.25, -0.2) is 4.68 Å². The lowest BCUT2D eigenvalue weighted by Gasteiger charge is -2.07. The molecule has 0 radical (unpaired) electrons. The Balaban J connectivity index is 2.64. The van der Waals surface area contributed by atoms with Gasteiger partial charge in [0.05, 0.1) is 12.1 Å². The Bertz CT molecular complexity index is 638. The SMILES string of the molecule is Cc1c(CC(N)=O)c(=O)n(-c2ccccc2)n1C. The summed E-state index contributed by atoms with van der Waals surface area (Å²) in [6.07, 6.45) is -0.0294. The number of hydrogen-bond donors (Lipinski definition) is 1. The van der Waals surface area contributed by atoms with E-state index in [2.05, 4.69) is 0 Å². The van der Waals surface area contributed by atoms with Gasteiger partial charge in [0, 0.05) is 18.3 Å². The number of nitrogens with two attached hydrogens (primary N) is 1. The number of nitrogens with zero attached hydrogens (tertiary/aromatic N) is 2. The highest BCUT2D eigenvalue weighted by Crippen LogP contribution is 2.10. The molecule has 5 nitrogen and oxygen atoms in total. The molecule has 1 aromatic heterocycles. The largest absolute Gasteiger partial charge is 0.369 e. The fraction of sp³-hybridized carbons (Fsp3) is 0.231. The van der Waals surface area contributed by atoms with E-state index in [1.807, 2.05) is 30.3 Å². The van der Waals surface area contributed by atoms with Gasteiger partial charge in [-0.1, -0.05) is 18.2 Å². The van der Waals surface area contributed by atoms with Crippen molar-refractivity contribution in [2.24, 2.45) is 12.8 Å². The first kappa shape index (κ1) is 12.2. The van der Waals surface area contributed by atoms with Crippen molar-refractivity contribution in [2.45, 2.75) is 13.3 Å². The van der Waals surface area contributed by atoms with Crippen LogP contribution in [0, 0.1) is 6.92 Å². The molecule has 2 N–H and O–H groups in total. The molecule has 0 spiro atoms. The molecule has 0 fully saturated rings. The van der Waals surface area contributed by atoms with Crippen molar-refractivity contribution >= 4 is 5.91 Å². The van der Waals surface area contributed by atoms with Gasteiger partial charge in [0.15, 0.2) is 0 Å². The maximum absolute atomic E-state index is 12.3. The minimum atomic E-state index is -0.499. The van der Waals surface area contributed by atoms with Crippen LogP contribution >= 0.6 is 0 Å². The fourth-order valence-corrected chi connectivity index (χ4v) is 2.00. The minimum Gasteiger partial charge on any atom is -0.369 e. The molecule has 1 aromatic carbocycles. The normalized spacial score (nSPS) is 10.6. The number of carbonyl (C=O) groups is 1. The van der Waals surface area contributed by atoms with Crippen molar-refractivity contribution in [3.8, 4) is 5.69 Å². The second-order valence-electron chi connectivity index (χ2n) is 4.18. The van der Waals surface area contributed by atoms with Crippen molar-refractivity contribution < 1.29 is 4.79 Å². The monoisotopic (exact) mass is 245 g/mol. The van der Waals surface area contributed by atoms with Gasteiger partial charge in [0.25, 0.3) is 5.56 Å². The highest BCUT2D eigenvalue weighted by Gasteiger charge is 2.17. The maximum Gasteiger partial charge on any atom is 0.275 e. The van der Waals surface area contributed by atoms with Crippen LogP contribution in [0.25, 0.3) is 5.69 Å². The Labute approximate surface area is 104 Å². The van der Waals surface area contributed by atoms with Crippen LogP contribution in [0.3, 0.4) is 0 Å². The van der Waals surface area contributed by atoms with Crippen LogP contribution < -0.4 is 11.3 Å². The summed E-state index contributed by atoms with van der Waals surface area (Å²) in [5.74, 6) is -0.499. The predicted molar refractivity (Wildman–Crippen MR) is 68.6 cm³/mol. The number of rotatable bonds is 3. The lowest BCUT2D eigenvalue weighted by molar-refractivity contribution is -0.117. The second-order valence-corrected chi connectivity index (χ2v) is 4.18. The molecule has 0 saturated carbocycles. The van der Waals surface area contributed by atoms with Crippen molar-refractivity contribution in [1.82, 2.24) is 9.36 Å². The Morgan fingerprint density at radius 2 is 1.89 bits per heavy atom. The zero-order valence-corrected chi connectivity index (χ0v) is 10.4. The second kappa shape index (κ2) is 4.52. The molecule has 18 heavy (non-hydrogen) atoms. The standard InChI is InChI=1S/C13H15N3O2/c1-9-11(8-12(14)17)13(18)16(15(9)2)10-6-4-3-5-7-10/h3-7H,8H2,1-2H3,(H2,14,17). The third-order valence-electron chi connectivity index (χ3n) is 3.02. The molecule has 0 saturated heterocycles. The van der Waals surface area contributed by atoms with E-state index in [1.54, 1.807) is 18.7 Å². The number of aromatic nitrogens is 2. The van der Waals surface area contributed by atoms with Crippen LogP contribution in [0.15, 0.2) is 35.1 Å². The summed E-state index contributed by atoms with van der Waals surface area (Å²) in [5.41, 5.74) is 6.94. The smallest absolute Gasteiger partial charge is 0.275 e. The third-order valence-corrected chi connectivity index (χ3v) is 3.02. The summed E-state index contributed by atoms with van der Waals surface area (Å²) >= 11 is 0. The molecule has 94 valence electrons. The molecule has 2 rings (SSSR count). The molecule has 0 atom stereocenters. The van der Waals surface area contributed by atoms with Crippen molar-refractivity contribution in [2.75, 3.05) is 0 Å². The summed E-state index contributed by atoms with van der Waals surface area (Å²) in [6, 6.07) is 9.29. The van der Waals surface area contributed by atoms with E-state index in [9.17, 15) is 9.59 Å². The van der Waals surface area contributed by atoms with E-state index in [4.69, 9.17) is 5.73 Å². The van der Waals surface area contributed by atoms with Gasteiger partial charge in [-0.2, -0.15) is 0 Å². The number of para-hydroxylation sites is 1. The number of primary amides is 1. The van der Waals surface area contributed by atoms with Gasteiger partial charge in [0.2, 0.25) is 5.91 Å². The van der Waals surface area contributed by atoms with Crippen LogP contribution in [0.5, 0.6) is 0 Å². The van der Waals surface area contributed by atoms with Gasteiger partial charge in [-0.15, -0.1) is 0 Å². The molecular formula is C13H15N3O2. The van der Waals surface area contributed by atoms with E-state index in [1.165, 1.54) is 4.68 Å². The highest BCUT2D eigenvalue weighted by molar-refractivity contribution is 5.76. The van der Waals surface area contributed by atoms with E-state index in [0.717, 1.165) is 11.4 Å². The average Bonchev–Trinajstić information content (AvgIpc) is 2.54. The lowest BCUT2D eigenvalue weighted by atomic mass is 10.2. The summed E-state index contributed by atoms with van der Waals surface area (Å²) in [7, 11) is 1.79. The Kier molecular flexibility index (Phi) is 3.06. The quantitative estimate of drug-likeness (QED) is 0.856. The van der Waals surface area contributed by atoms with E-state index in [-0.39, 0.29) is 12.0 Å². The highest BCUT2D eigenvalue weighted by atomic mass is 16.1. The van der Waals surface area contributed by atoms with Crippen molar-refractivity contribution in [3.63, 3.8) is 0 Å². The third kappa shape index (κ3) is 1.95.